The number of benzene rings is 3. The summed E-state index contributed by atoms with van der Waals surface area (Å²) in [6.45, 7) is 0. The van der Waals surface area contributed by atoms with Gasteiger partial charge >= 0.3 is 7.60 Å². The number of hydrogen-bond donors (Lipinski definition) is 1. The van der Waals surface area contributed by atoms with Crippen molar-refractivity contribution in [1.29, 1.82) is 0 Å². The van der Waals surface area contributed by atoms with Gasteiger partial charge in [-0.25, -0.2) is 4.57 Å². The molecule has 0 saturated carbocycles. The van der Waals surface area contributed by atoms with Gasteiger partial charge in [-0.2, -0.15) is 0 Å². The highest BCUT2D eigenvalue weighted by Gasteiger charge is 2.36. The fourth-order valence-corrected chi connectivity index (χ4v) is 3.95. The molecule has 128 valence electrons. The van der Waals surface area contributed by atoms with E-state index in [9.17, 15) is 4.57 Å². The first kappa shape index (κ1) is 17.3. The van der Waals surface area contributed by atoms with Crippen molar-refractivity contribution in [3.63, 3.8) is 0 Å². The SMILES string of the molecule is N[C@@H](Cc1ccccc1)P(=O)(Oc1ccccc1)Oc1ccccc1. The van der Waals surface area contributed by atoms with Crippen LogP contribution in [0, 0.1) is 0 Å². The molecule has 0 aliphatic heterocycles. The van der Waals surface area contributed by atoms with Crippen molar-refractivity contribution in [3.05, 3.63) is 96.6 Å². The molecule has 0 spiro atoms. The molecule has 4 nitrogen and oxygen atoms in total. The molecule has 0 aliphatic rings. The minimum Gasteiger partial charge on any atom is -0.415 e. The fraction of sp³-hybridized carbons (Fsp3) is 0.100. The predicted octanol–water partition coefficient (Wildman–Crippen LogP) is 4.87. The first-order chi connectivity index (χ1) is 12.2. The third kappa shape index (κ3) is 4.72. The maximum Gasteiger partial charge on any atom is 0.447 e. The van der Waals surface area contributed by atoms with Crippen molar-refractivity contribution in [3.8, 4) is 11.5 Å². The van der Waals surface area contributed by atoms with Crippen LogP contribution in [0.4, 0.5) is 0 Å². The molecule has 0 aliphatic carbocycles. The quantitative estimate of drug-likeness (QED) is 0.616. The predicted molar refractivity (Wildman–Crippen MR) is 99.9 cm³/mol. The molecule has 1 atom stereocenters. The summed E-state index contributed by atoms with van der Waals surface area (Å²) in [5.41, 5.74) is 7.24. The van der Waals surface area contributed by atoms with Crippen molar-refractivity contribution in [2.45, 2.75) is 12.2 Å². The summed E-state index contributed by atoms with van der Waals surface area (Å²) in [6.07, 6.45) is 0.387. The van der Waals surface area contributed by atoms with E-state index in [4.69, 9.17) is 14.8 Å². The number of rotatable bonds is 7. The van der Waals surface area contributed by atoms with Crippen LogP contribution in [0.25, 0.3) is 0 Å². The topological polar surface area (TPSA) is 61.6 Å². The molecule has 2 N–H and O–H groups in total. The molecular weight excluding hydrogens is 333 g/mol. The number of hydrogen-bond acceptors (Lipinski definition) is 4. The van der Waals surface area contributed by atoms with E-state index in [0.29, 0.717) is 17.9 Å². The molecule has 0 aromatic heterocycles. The van der Waals surface area contributed by atoms with Gasteiger partial charge in [0.1, 0.15) is 17.3 Å². The summed E-state index contributed by atoms with van der Waals surface area (Å²) < 4.78 is 25.0. The fourth-order valence-electron chi connectivity index (χ4n) is 2.38. The average Bonchev–Trinajstić information content (AvgIpc) is 2.64. The van der Waals surface area contributed by atoms with Crippen LogP contribution in [0.1, 0.15) is 5.56 Å². The zero-order valence-electron chi connectivity index (χ0n) is 13.7. The molecule has 3 aromatic rings. The smallest absolute Gasteiger partial charge is 0.415 e. The van der Waals surface area contributed by atoms with Gasteiger partial charge in [-0.3, -0.25) is 0 Å². The van der Waals surface area contributed by atoms with E-state index < -0.39 is 13.4 Å². The molecule has 3 rings (SSSR count). The van der Waals surface area contributed by atoms with Gasteiger partial charge in [0.25, 0.3) is 0 Å². The molecule has 0 bridgehead atoms. The zero-order chi connectivity index (χ0) is 17.5. The lowest BCUT2D eigenvalue weighted by Gasteiger charge is -2.25. The lowest BCUT2D eigenvalue weighted by Crippen LogP contribution is -2.28. The van der Waals surface area contributed by atoms with E-state index in [1.165, 1.54) is 0 Å². The Hall–Kier alpha value is -2.55. The van der Waals surface area contributed by atoms with Gasteiger partial charge in [0.05, 0.1) is 0 Å². The maximum atomic E-state index is 13.5. The Labute approximate surface area is 147 Å². The van der Waals surface area contributed by atoms with Gasteiger partial charge < -0.3 is 14.8 Å². The second-order valence-corrected chi connectivity index (χ2v) is 7.71. The molecule has 0 unspecified atom stereocenters. The Morgan fingerprint density at radius 2 is 1.12 bits per heavy atom. The standard InChI is InChI=1S/C20H20NO3P/c21-20(16-17-10-4-1-5-11-17)25(22,23-18-12-6-2-7-13-18)24-19-14-8-3-9-15-19/h1-15,20H,16,21H2/t20-/m1/s1. The minimum absolute atomic E-state index is 0.387. The number of nitrogens with two attached hydrogens (primary N) is 1. The van der Waals surface area contributed by atoms with Crippen molar-refractivity contribution in [1.82, 2.24) is 0 Å². The summed E-state index contributed by atoms with van der Waals surface area (Å²) in [5.74, 6) is 0.130. The average molecular weight is 353 g/mol. The van der Waals surface area contributed by atoms with Gasteiger partial charge in [-0.05, 0) is 29.8 Å². The van der Waals surface area contributed by atoms with Crippen LogP contribution in [-0.2, 0) is 11.0 Å². The third-order valence-corrected chi connectivity index (χ3v) is 5.57. The van der Waals surface area contributed by atoms with Crippen LogP contribution in [-0.4, -0.2) is 5.78 Å². The molecule has 0 saturated heterocycles. The normalized spacial score (nSPS) is 12.4. The Morgan fingerprint density at radius 1 is 0.720 bits per heavy atom. The van der Waals surface area contributed by atoms with E-state index >= 15 is 0 Å². The lowest BCUT2D eigenvalue weighted by atomic mass is 10.2. The van der Waals surface area contributed by atoms with Crippen LogP contribution in [0.5, 0.6) is 11.5 Å². The molecule has 0 fully saturated rings. The Kier molecular flexibility index (Phi) is 5.54. The van der Waals surface area contributed by atoms with Gasteiger partial charge in [0.15, 0.2) is 0 Å². The van der Waals surface area contributed by atoms with Crippen LogP contribution < -0.4 is 14.8 Å². The number of para-hydroxylation sites is 2. The van der Waals surface area contributed by atoms with E-state index in [1.807, 2.05) is 66.7 Å². The van der Waals surface area contributed by atoms with Crippen molar-refractivity contribution < 1.29 is 13.6 Å². The molecular formula is C20H20NO3P. The highest BCUT2D eigenvalue weighted by atomic mass is 31.2. The molecule has 0 heterocycles. The third-order valence-electron chi connectivity index (χ3n) is 3.65. The molecule has 5 heteroatoms. The minimum atomic E-state index is -3.64. The summed E-state index contributed by atoms with van der Waals surface area (Å²) in [5, 5.41) is 0. The highest BCUT2D eigenvalue weighted by molar-refractivity contribution is 7.55. The largest absolute Gasteiger partial charge is 0.447 e. The highest BCUT2D eigenvalue weighted by Crippen LogP contribution is 2.51. The van der Waals surface area contributed by atoms with Crippen LogP contribution in [0.2, 0.25) is 0 Å². The van der Waals surface area contributed by atoms with Gasteiger partial charge in [0, 0.05) is 6.42 Å². The molecule has 3 aromatic carbocycles. The monoisotopic (exact) mass is 353 g/mol. The molecule has 25 heavy (non-hydrogen) atoms. The Bertz CT molecular complexity index is 780. The van der Waals surface area contributed by atoms with Gasteiger partial charge in [-0.1, -0.05) is 66.7 Å². The van der Waals surface area contributed by atoms with E-state index in [0.717, 1.165) is 5.56 Å². The first-order valence-electron chi connectivity index (χ1n) is 8.04. The van der Waals surface area contributed by atoms with Crippen LogP contribution >= 0.6 is 7.60 Å². The van der Waals surface area contributed by atoms with Crippen LogP contribution in [0.3, 0.4) is 0 Å². The van der Waals surface area contributed by atoms with Crippen LogP contribution in [0.15, 0.2) is 91.0 Å². The van der Waals surface area contributed by atoms with Crippen molar-refractivity contribution in [2.24, 2.45) is 5.73 Å². The lowest BCUT2D eigenvalue weighted by molar-refractivity contribution is 0.371. The second-order valence-electron chi connectivity index (χ2n) is 5.61. The zero-order valence-corrected chi connectivity index (χ0v) is 14.6. The summed E-state index contributed by atoms with van der Waals surface area (Å²) >= 11 is 0. The summed E-state index contributed by atoms with van der Waals surface area (Å²) in [6, 6.07) is 27.5. The van der Waals surface area contributed by atoms with Gasteiger partial charge in [0.2, 0.25) is 0 Å². The van der Waals surface area contributed by atoms with Crippen molar-refractivity contribution >= 4 is 7.60 Å². The molecule has 0 amide bonds. The Morgan fingerprint density at radius 3 is 1.56 bits per heavy atom. The molecule has 0 radical (unpaired) electrons. The Balaban J connectivity index is 1.86. The van der Waals surface area contributed by atoms with E-state index in [-0.39, 0.29) is 0 Å². The summed E-state index contributed by atoms with van der Waals surface area (Å²) in [7, 11) is -3.64. The maximum absolute atomic E-state index is 13.5. The second kappa shape index (κ2) is 8.02. The van der Waals surface area contributed by atoms with Crippen molar-refractivity contribution in [2.75, 3.05) is 0 Å². The van der Waals surface area contributed by atoms with Gasteiger partial charge in [-0.15, -0.1) is 0 Å². The van der Waals surface area contributed by atoms with E-state index in [1.54, 1.807) is 24.3 Å². The first-order valence-corrected chi connectivity index (χ1v) is 9.65. The summed E-state index contributed by atoms with van der Waals surface area (Å²) in [4.78, 5) is 0. The van der Waals surface area contributed by atoms with E-state index in [2.05, 4.69) is 0 Å².